The Morgan fingerprint density at radius 2 is 1.86 bits per heavy atom. The molecule has 1 atom stereocenters. The Bertz CT molecular complexity index is 299. The highest BCUT2D eigenvalue weighted by molar-refractivity contribution is 4.90. The minimum Gasteiger partial charge on any atom is -0.314 e. The van der Waals surface area contributed by atoms with Crippen LogP contribution in [0, 0.1) is 5.41 Å². The van der Waals surface area contributed by atoms with E-state index in [0.29, 0.717) is 11.5 Å². The summed E-state index contributed by atoms with van der Waals surface area (Å²) in [7, 11) is 0. The zero-order valence-electron chi connectivity index (χ0n) is 14.8. The summed E-state index contributed by atoms with van der Waals surface area (Å²) in [6, 6.07) is 1.44. The van der Waals surface area contributed by atoms with Gasteiger partial charge in [-0.1, -0.05) is 34.1 Å². The molecule has 0 radical (unpaired) electrons. The zero-order chi connectivity index (χ0) is 15.3. The average molecular weight is 296 g/mol. The van der Waals surface area contributed by atoms with Gasteiger partial charge in [0.15, 0.2) is 0 Å². The van der Waals surface area contributed by atoms with Crippen LogP contribution in [0.2, 0.25) is 0 Å². The van der Waals surface area contributed by atoms with Gasteiger partial charge in [-0.05, 0) is 37.6 Å². The number of nitrogens with zero attached hydrogens (tertiary/aromatic N) is 2. The van der Waals surface area contributed by atoms with E-state index in [4.69, 9.17) is 0 Å². The molecule has 2 rings (SSSR count). The number of piperazine rings is 1. The Labute approximate surface area is 132 Å². The van der Waals surface area contributed by atoms with E-state index in [-0.39, 0.29) is 0 Å². The van der Waals surface area contributed by atoms with Gasteiger partial charge in [0.05, 0.1) is 0 Å². The molecule has 0 amide bonds. The maximum Gasteiger partial charge on any atom is 0.0223 e. The third-order valence-corrected chi connectivity index (χ3v) is 5.87. The van der Waals surface area contributed by atoms with Crippen molar-refractivity contribution >= 4 is 0 Å². The number of hydrogen-bond acceptors (Lipinski definition) is 3. The van der Waals surface area contributed by atoms with Crippen molar-refractivity contribution < 1.29 is 0 Å². The topological polar surface area (TPSA) is 18.5 Å². The number of piperidine rings is 1. The van der Waals surface area contributed by atoms with Crippen molar-refractivity contribution in [2.75, 3.05) is 39.3 Å². The van der Waals surface area contributed by atoms with Crippen LogP contribution in [0.4, 0.5) is 0 Å². The second kappa shape index (κ2) is 7.94. The van der Waals surface area contributed by atoms with E-state index in [1.165, 1.54) is 71.4 Å². The summed E-state index contributed by atoms with van der Waals surface area (Å²) in [4.78, 5) is 5.51. The highest BCUT2D eigenvalue weighted by Crippen LogP contribution is 2.29. The molecular formula is C18H37N3. The van der Waals surface area contributed by atoms with Crippen LogP contribution in [0.5, 0.6) is 0 Å². The Morgan fingerprint density at radius 3 is 2.52 bits per heavy atom. The molecule has 2 heterocycles. The molecule has 1 N–H and O–H groups in total. The Kier molecular flexibility index (Phi) is 6.51. The summed E-state index contributed by atoms with van der Waals surface area (Å²) >= 11 is 0. The van der Waals surface area contributed by atoms with Crippen LogP contribution < -0.4 is 5.32 Å². The first kappa shape index (κ1) is 17.2. The normalized spacial score (nSPS) is 25.3. The van der Waals surface area contributed by atoms with Crippen molar-refractivity contribution in [3.8, 4) is 0 Å². The molecule has 0 aromatic rings. The first-order chi connectivity index (χ1) is 10.1. The fourth-order valence-electron chi connectivity index (χ4n) is 4.04. The summed E-state index contributed by atoms with van der Waals surface area (Å²) < 4.78 is 0. The van der Waals surface area contributed by atoms with Gasteiger partial charge in [0.2, 0.25) is 0 Å². The van der Waals surface area contributed by atoms with Gasteiger partial charge in [0, 0.05) is 44.8 Å². The summed E-state index contributed by atoms with van der Waals surface area (Å²) in [6.07, 6.45) is 6.85. The maximum atomic E-state index is 3.70. The van der Waals surface area contributed by atoms with Gasteiger partial charge in [-0.15, -0.1) is 0 Å². The summed E-state index contributed by atoms with van der Waals surface area (Å²) in [5.41, 5.74) is 0.459. The number of nitrogens with one attached hydrogen (secondary N) is 1. The fraction of sp³-hybridized carbons (Fsp3) is 1.00. The molecule has 0 aliphatic carbocycles. The second-order valence-electron chi connectivity index (χ2n) is 7.66. The Balaban J connectivity index is 1.90. The second-order valence-corrected chi connectivity index (χ2v) is 7.66. The lowest BCUT2D eigenvalue weighted by molar-refractivity contribution is 0.0228. The molecule has 0 bridgehead atoms. The fourth-order valence-corrected chi connectivity index (χ4v) is 4.04. The monoisotopic (exact) mass is 295 g/mol. The minimum absolute atomic E-state index is 0.459. The third-order valence-electron chi connectivity index (χ3n) is 5.87. The molecule has 0 spiro atoms. The zero-order valence-corrected chi connectivity index (χ0v) is 14.8. The van der Waals surface area contributed by atoms with Crippen molar-refractivity contribution in [2.45, 2.75) is 71.9 Å². The highest BCUT2D eigenvalue weighted by atomic mass is 15.3. The predicted octanol–water partition coefficient (Wildman–Crippen LogP) is 2.96. The van der Waals surface area contributed by atoms with E-state index in [0.717, 1.165) is 6.04 Å². The van der Waals surface area contributed by atoms with Crippen molar-refractivity contribution in [1.29, 1.82) is 0 Å². The lowest BCUT2D eigenvalue weighted by atomic mass is 9.81. The molecule has 3 heteroatoms. The first-order valence-electron chi connectivity index (χ1n) is 9.28. The number of hydrogen-bond donors (Lipinski definition) is 1. The minimum atomic E-state index is 0.459. The third kappa shape index (κ3) is 4.67. The smallest absolute Gasteiger partial charge is 0.0223 e. The quantitative estimate of drug-likeness (QED) is 0.779. The van der Waals surface area contributed by atoms with E-state index < -0.39 is 0 Å². The molecule has 124 valence electrons. The van der Waals surface area contributed by atoms with Gasteiger partial charge in [-0.25, -0.2) is 0 Å². The maximum absolute atomic E-state index is 3.70. The standard InChI is InChI=1S/C18H37N3/c1-5-18(6-2,14-19-16(3)4)15-20-11-12-21-10-8-7-9-17(21)13-20/h16-17,19H,5-15H2,1-4H3. The van der Waals surface area contributed by atoms with Crippen LogP contribution in [-0.4, -0.2) is 61.2 Å². The van der Waals surface area contributed by atoms with E-state index in [2.05, 4.69) is 42.8 Å². The molecule has 3 nitrogen and oxygen atoms in total. The molecule has 21 heavy (non-hydrogen) atoms. The van der Waals surface area contributed by atoms with E-state index in [1.807, 2.05) is 0 Å². The molecule has 0 aromatic heterocycles. The van der Waals surface area contributed by atoms with Crippen LogP contribution in [0.25, 0.3) is 0 Å². The first-order valence-corrected chi connectivity index (χ1v) is 9.28. The largest absolute Gasteiger partial charge is 0.314 e. The molecule has 0 saturated carbocycles. The van der Waals surface area contributed by atoms with Gasteiger partial charge < -0.3 is 5.32 Å². The van der Waals surface area contributed by atoms with Gasteiger partial charge in [-0.2, -0.15) is 0 Å². The van der Waals surface area contributed by atoms with Crippen LogP contribution in [0.1, 0.15) is 59.8 Å². The highest BCUT2D eigenvalue weighted by Gasteiger charge is 2.34. The Hall–Kier alpha value is -0.120. The lowest BCUT2D eigenvalue weighted by Crippen LogP contribution is -2.57. The van der Waals surface area contributed by atoms with Gasteiger partial charge >= 0.3 is 0 Å². The molecular weight excluding hydrogens is 258 g/mol. The molecule has 0 aromatic carbocycles. The van der Waals surface area contributed by atoms with E-state index in [1.54, 1.807) is 0 Å². The predicted molar refractivity (Wildman–Crippen MR) is 91.8 cm³/mol. The van der Waals surface area contributed by atoms with Crippen molar-refractivity contribution in [3.05, 3.63) is 0 Å². The van der Waals surface area contributed by atoms with Crippen LogP contribution in [0.3, 0.4) is 0 Å². The molecule has 2 aliphatic heterocycles. The van der Waals surface area contributed by atoms with Gasteiger partial charge in [0.25, 0.3) is 0 Å². The Morgan fingerprint density at radius 1 is 1.10 bits per heavy atom. The van der Waals surface area contributed by atoms with Crippen molar-refractivity contribution in [3.63, 3.8) is 0 Å². The van der Waals surface area contributed by atoms with Gasteiger partial charge in [0.1, 0.15) is 0 Å². The van der Waals surface area contributed by atoms with Gasteiger partial charge in [-0.3, -0.25) is 9.80 Å². The molecule has 2 fully saturated rings. The van der Waals surface area contributed by atoms with Crippen molar-refractivity contribution in [2.24, 2.45) is 5.41 Å². The molecule has 2 saturated heterocycles. The SMILES string of the molecule is CCC(CC)(CNC(C)C)CN1CCN2CCCCC2C1. The summed E-state index contributed by atoms with van der Waals surface area (Å²) in [5, 5.41) is 3.70. The lowest BCUT2D eigenvalue weighted by Gasteiger charge is -2.47. The number of rotatable bonds is 7. The van der Waals surface area contributed by atoms with E-state index in [9.17, 15) is 0 Å². The number of fused-ring (bicyclic) bond motifs is 1. The van der Waals surface area contributed by atoms with Crippen LogP contribution in [0.15, 0.2) is 0 Å². The van der Waals surface area contributed by atoms with Crippen LogP contribution >= 0.6 is 0 Å². The average Bonchev–Trinajstić information content (AvgIpc) is 2.51. The van der Waals surface area contributed by atoms with Crippen LogP contribution in [-0.2, 0) is 0 Å². The molecule has 1 unspecified atom stereocenters. The van der Waals surface area contributed by atoms with Crippen molar-refractivity contribution in [1.82, 2.24) is 15.1 Å². The van der Waals surface area contributed by atoms with E-state index >= 15 is 0 Å². The summed E-state index contributed by atoms with van der Waals surface area (Å²) in [5.74, 6) is 0. The summed E-state index contributed by atoms with van der Waals surface area (Å²) in [6.45, 7) is 17.0. The molecule has 2 aliphatic rings.